The van der Waals surface area contributed by atoms with Gasteiger partial charge in [-0.15, -0.1) is 0 Å². The number of hydrogen-bond donors (Lipinski definition) is 2. The summed E-state index contributed by atoms with van der Waals surface area (Å²) in [6, 6.07) is 8.44. The monoisotopic (exact) mass is 498 g/mol. The number of cyclic esters (lactones) is 1. The smallest absolute Gasteiger partial charge is 0.414 e. The molecule has 0 bridgehead atoms. The van der Waals surface area contributed by atoms with Crippen molar-refractivity contribution in [3.05, 3.63) is 54.1 Å². The highest BCUT2D eigenvalue weighted by Gasteiger charge is 2.33. The Balaban J connectivity index is 1.30. The number of carbonyl (C=O) groups excluding carboxylic acids is 3. The molecule has 11 heteroatoms. The number of hydrazine groups is 1. The third-order valence-electron chi connectivity index (χ3n) is 6.21. The molecule has 2 aliphatic heterocycles. The van der Waals surface area contributed by atoms with Gasteiger partial charge in [-0.1, -0.05) is 0 Å². The maximum atomic E-state index is 15.1. The van der Waals surface area contributed by atoms with Gasteiger partial charge in [-0.3, -0.25) is 19.7 Å². The molecular formula is C25H31FN6O4. The molecule has 3 heterocycles. The molecule has 2 aromatic rings. The SMILES string of the molecule is CC(=O)CC[C@H]1CN(c2ccc(N3CCNN(C(=O)CNCc4ccncc4)CC3)c(F)c2)C(=O)O1. The van der Waals surface area contributed by atoms with Crippen LogP contribution in [0.1, 0.15) is 25.3 Å². The van der Waals surface area contributed by atoms with Crippen LogP contribution in [0.5, 0.6) is 0 Å². The minimum atomic E-state index is -0.540. The first-order chi connectivity index (χ1) is 17.4. The number of hydrogen-bond acceptors (Lipinski definition) is 8. The number of anilines is 2. The number of amides is 2. The fraction of sp³-hybridized carbons (Fsp3) is 0.440. The third kappa shape index (κ3) is 6.55. The van der Waals surface area contributed by atoms with Crippen LogP contribution in [0.15, 0.2) is 42.7 Å². The van der Waals surface area contributed by atoms with Crippen molar-refractivity contribution in [3.8, 4) is 0 Å². The van der Waals surface area contributed by atoms with Crippen LogP contribution in [0.4, 0.5) is 20.6 Å². The van der Waals surface area contributed by atoms with Crippen LogP contribution < -0.4 is 20.5 Å². The Morgan fingerprint density at radius 3 is 2.75 bits per heavy atom. The Hall–Kier alpha value is -3.57. The van der Waals surface area contributed by atoms with Crippen LogP contribution in [-0.4, -0.2) is 73.1 Å². The number of halogens is 1. The highest BCUT2D eigenvalue weighted by molar-refractivity contribution is 5.90. The van der Waals surface area contributed by atoms with Crippen molar-refractivity contribution in [2.45, 2.75) is 32.4 Å². The van der Waals surface area contributed by atoms with Crippen molar-refractivity contribution in [1.29, 1.82) is 0 Å². The number of pyridine rings is 1. The lowest BCUT2D eigenvalue weighted by molar-refractivity contribution is -0.133. The Morgan fingerprint density at radius 1 is 1.19 bits per heavy atom. The van der Waals surface area contributed by atoms with E-state index in [1.54, 1.807) is 29.5 Å². The summed E-state index contributed by atoms with van der Waals surface area (Å²) in [4.78, 5) is 43.3. The van der Waals surface area contributed by atoms with Crippen LogP contribution in [0, 0.1) is 5.82 Å². The summed E-state index contributed by atoms with van der Waals surface area (Å²) < 4.78 is 20.4. The van der Waals surface area contributed by atoms with Gasteiger partial charge < -0.3 is 19.7 Å². The molecule has 0 aliphatic carbocycles. The van der Waals surface area contributed by atoms with E-state index >= 15 is 4.39 Å². The van der Waals surface area contributed by atoms with Crippen molar-refractivity contribution in [2.24, 2.45) is 0 Å². The topological polar surface area (TPSA) is 107 Å². The van der Waals surface area contributed by atoms with Crippen LogP contribution in [0.3, 0.4) is 0 Å². The number of nitrogens with one attached hydrogen (secondary N) is 2. The summed E-state index contributed by atoms with van der Waals surface area (Å²) in [5.41, 5.74) is 4.98. The number of benzene rings is 1. The van der Waals surface area contributed by atoms with Gasteiger partial charge in [-0.2, -0.15) is 0 Å². The lowest BCUT2D eigenvalue weighted by Gasteiger charge is -2.24. The first-order valence-electron chi connectivity index (χ1n) is 12.1. The predicted molar refractivity (Wildman–Crippen MR) is 132 cm³/mol. The molecule has 2 fully saturated rings. The Morgan fingerprint density at radius 2 is 2.00 bits per heavy atom. The van der Waals surface area contributed by atoms with Gasteiger partial charge in [-0.05, 0) is 49.2 Å². The molecule has 2 aliphatic rings. The molecule has 1 aromatic heterocycles. The number of rotatable bonds is 9. The quantitative estimate of drug-likeness (QED) is 0.540. The fourth-order valence-electron chi connectivity index (χ4n) is 4.26. The van der Waals surface area contributed by atoms with Gasteiger partial charge in [0.15, 0.2) is 0 Å². The van der Waals surface area contributed by atoms with Gasteiger partial charge in [0.2, 0.25) is 0 Å². The van der Waals surface area contributed by atoms with Crippen LogP contribution in [0.2, 0.25) is 0 Å². The lowest BCUT2D eigenvalue weighted by Crippen LogP contribution is -2.47. The zero-order valence-corrected chi connectivity index (χ0v) is 20.3. The molecule has 1 atom stereocenters. The van der Waals surface area contributed by atoms with E-state index in [1.165, 1.54) is 17.9 Å². The summed E-state index contributed by atoms with van der Waals surface area (Å²) in [5.74, 6) is -0.506. The Bertz CT molecular complexity index is 1090. The van der Waals surface area contributed by atoms with Gasteiger partial charge in [0.25, 0.3) is 5.91 Å². The molecule has 10 nitrogen and oxygen atoms in total. The van der Waals surface area contributed by atoms with Crippen LogP contribution in [-0.2, 0) is 20.9 Å². The average molecular weight is 499 g/mol. The van der Waals surface area contributed by atoms with E-state index in [4.69, 9.17) is 4.74 Å². The zero-order valence-electron chi connectivity index (χ0n) is 20.3. The molecule has 36 heavy (non-hydrogen) atoms. The third-order valence-corrected chi connectivity index (χ3v) is 6.21. The van der Waals surface area contributed by atoms with E-state index in [2.05, 4.69) is 15.7 Å². The number of Topliss-reactive ketones (excluding diaryl/α,β-unsaturated/α-hetero) is 1. The molecule has 2 N–H and O–H groups in total. The van der Waals surface area contributed by atoms with E-state index in [0.717, 1.165) is 5.56 Å². The van der Waals surface area contributed by atoms with Crippen molar-refractivity contribution >= 4 is 29.2 Å². The second-order valence-electron chi connectivity index (χ2n) is 8.89. The molecule has 192 valence electrons. The van der Waals surface area contributed by atoms with E-state index < -0.39 is 11.9 Å². The number of ketones is 1. The minimum Gasteiger partial charge on any atom is -0.444 e. The largest absolute Gasteiger partial charge is 0.444 e. The Labute approximate surface area is 209 Å². The van der Waals surface area contributed by atoms with E-state index in [1.807, 2.05) is 17.0 Å². The highest BCUT2D eigenvalue weighted by Crippen LogP contribution is 2.29. The fourth-order valence-corrected chi connectivity index (χ4v) is 4.26. The van der Waals surface area contributed by atoms with Gasteiger partial charge in [0, 0.05) is 45.0 Å². The second-order valence-corrected chi connectivity index (χ2v) is 8.89. The summed E-state index contributed by atoms with van der Waals surface area (Å²) in [5, 5.41) is 4.70. The van der Waals surface area contributed by atoms with Crippen molar-refractivity contribution in [1.82, 2.24) is 20.7 Å². The molecule has 0 spiro atoms. The molecule has 1 aromatic carbocycles. The van der Waals surface area contributed by atoms with Gasteiger partial charge in [-0.25, -0.2) is 14.6 Å². The summed E-state index contributed by atoms with van der Waals surface area (Å²) in [6.07, 6.45) is 3.28. The molecule has 0 unspecified atom stereocenters. The average Bonchev–Trinajstić information content (AvgIpc) is 3.07. The normalized spacial score (nSPS) is 18.2. The van der Waals surface area contributed by atoms with E-state index in [9.17, 15) is 14.4 Å². The molecular weight excluding hydrogens is 467 g/mol. The van der Waals surface area contributed by atoms with E-state index in [-0.39, 0.29) is 30.9 Å². The predicted octanol–water partition coefficient (Wildman–Crippen LogP) is 1.86. The Kier molecular flexibility index (Phi) is 8.44. The minimum absolute atomic E-state index is 0.0355. The standard InChI is InChI=1S/C25H31FN6O4/c1-18(33)2-4-21-17-31(25(35)36-21)20-3-5-23(22(26)14-20)30-11-10-29-32(13-12-30)24(34)16-28-15-19-6-8-27-9-7-19/h3,5-9,14,21,28-29H,2,4,10-13,15-17H2,1H3/t21-/m0/s1. The van der Waals surface area contributed by atoms with Gasteiger partial charge >= 0.3 is 6.09 Å². The maximum Gasteiger partial charge on any atom is 0.414 e. The molecule has 4 rings (SSSR count). The van der Waals surface area contributed by atoms with Gasteiger partial charge in [0.1, 0.15) is 17.7 Å². The summed E-state index contributed by atoms with van der Waals surface area (Å²) in [6.45, 7) is 4.37. The molecule has 0 saturated carbocycles. The number of nitrogens with zero attached hydrogens (tertiary/aromatic N) is 4. The maximum absolute atomic E-state index is 15.1. The summed E-state index contributed by atoms with van der Waals surface area (Å²) >= 11 is 0. The molecule has 2 saturated heterocycles. The lowest BCUT2D eigenvalue weighted by atomic mass is 10.1. The first kappa shape index (κ1) is 25.5. The zero-order chi connectivity index (χ0) is 25.5. The number of aromatic nitrogens is 1. The molecule has 0 radical (unpaired) electrons. The highest BCUT2D eigenvalue weighted by atomic mass is 19.1. The number of carbonyl (C=O) groups is 3. The van der Waals surface area contributed by atoms with Crippen molar-refractivity contribution < 1.29 is 23.5 Å². The van der Waals surface area contributed by atoms with Crippen molar-refractivity contribution in [3.63, 3.8) is 0 Å². The van der Waals surface area contributed by atoms with Crippen LogP contribution >= 0.6 is 0 Å². The van der Waals surface area contributed by atoms with E-state index in [0.29, 0.717) is 56.9 Å². The van der Waals surface area contributed by atoms with Gasteiger partial charge in [0.05, 0.1) is 31.0 Å². The molecule has 2 amide bonds. The first-order valence-corrected chi connectivity index (χ1v) is 12.1. The number of ether oxygens (including phenoxy) is 1. The van der Waals surface area contributed by atoms with Crippen LogP contribution in [0.25, 0.3) is 0 Å². The van der Waals surface area contributed by atoms with Crippen molar-refractivity contribution in [2.75, 3.05) is 49.1 Å². The summed E-state index contributed by atoms with van der Waals surface area (Å²) in [7, 11) is 0. The second kappa shape index (κ2) is 11.9.